The second-order valence-electron chi connectivity index (χ2n) is 4.42. The van der Waals surface area contributed by atoms with E-state index in [9.17, 15) is 0 Å². The highest BCUT2D eigenvalue weighted by atomic mass is 16.7. The van der Waals surface area contributed by atoms with Gasteiger partial charge in [-0.05, 0) is 18.3 Å². The second-order valence-corrected chi connectivity index (χ2v) is 4.42. The van der Waals surface area contributed by atoms with Crippen molar-refractivity contribution >= 4 is 0 Å². The summed E-state index contributed by atoms with van der Waals surface area (Å²) in [4.78, 5) is 0. The van der Waals surface area contributed by atoms with Gasteiger partial charge in [0.2, 0.25) is 0 Å². The zero-order valence-corrected chi connectivity index (χ0v) is 6.90. The van der Waals surface area contributed by atoms with Crippen molar-refractivity contribution in [1.29, 1.82) is 0 Å². The van der Waals surface area contributed by atoms with Crippen molar-refractivity contribution in [3.8, 4) is 0 Å². The SMILES string of the molecule is C1=C[C@H]2[C@H]3C[C@H]3[C@@H]1C21OCCO1. The molecule has 1 saturated heterocycles. The van der Waals surface area contributed by atoms with Crippen LogP contribution in [0.1, 0.15) is 6.42 Å². The lowest BCUT2D eigenvalue weighted by atomic mass is 9.97. The molecule has 2 bridgehead atoms. The lowest BCUT2D eigenvalue weighted by molar-refractivity contribution is -0.192. The first-order chi connectivity index (χ1) is 5.92. The number of fused-ring (bicyclic) bond motifs is 3. The Morgan fingerprint density at radius 2 is 1.58 bits per heavy atom. The zero-order chi connectivity index (χ0) is 7.76. The minimum atomic E-state index is -0.173. The molecule has 3 aliphatic carbocycles. The van der Waals surface area contributed by atoms with Crippen LogP contribution in [-0.2, 0) is 9.47 Å². The molecule has 0 aromatic rings. The van der Waals surface area contributed by atoms with E-state index in [1.807, 2.05) is 0 Å². The molecule has 1 heterocycles. The molecule has 0 aromatic heterocycles. The van der Waals surface area contributed by atoms with Crippen LogP contribution in [-0.4, -0.2) is 19.0 Å². The molecule has 2 heteroatoms. The first-order valence-electron chi connectivity index (χ1n) is 4.88. The van der Waals surface area contributed by atoms with Gasteiger partial charge < -0.3 is 9.47 Å². The number of hydrogen-bond acceptors (Lipinski definition) is 2. The first-order valence-corrected chi connectivity index (χ1v) is 4.88. The van der Waals surface area contributed by atoms with Crippen LogP contribution in [0.25, 0.3) is 0 Å². The second kappa shape index (κ2) is 1.64. The number of hydrogen-bond donors (Lipinski definition) is 0. The lowest BCUT2D eigenvalue weighted by Gasteiger charge is -2.30. The molecule has 4 aliphatic rings. The lowest BCUT2D eigenvalue weighted by Crippen LogP contribution is -2.38. The summed E-state index contributed by atoms with van der Waals surface area (Å²) in [6, 6.07) is 0. The predicted molar refractivity (Wildman–Crippen MR) is 42.4 cm³/mol. The van der Waals surface area contributed by atoms with Gasteiger partial charge in [-0.3, -0.25) is 0 Å². The van der Waals surface area contributed by atoms with Crippen molar-refractivity contribution in [2.45, 2.75) is 12.2 Å². The van der Waals surface area contributed by atoms with Crippen LogP contribution in [0.15, 0.2) is 12.2 Å². The number of ether oxygens (including phenoxy) is 2. The topological polar surface area (TPSA) is 18.5 Å². The summed E-state index contributed by atoms with van der Waals surface area (Å²) in [5.74, 6) is 2.81. The molecule has 4 rings (SSSR count). The molecule has 12 heavy (non-hydrogen) atoms. The van der Waals surface area contributed by atoms with Crippen LogP contribution < -0.4 is 0 Å². The van der Waals surface area contributed by atoms with Crippen molar-refractivity contribution < 1.29 is 9.47 Å². The van der Waals surface area contributed by atoms with Crippen LogP contribution in [0.2, 0.25) is 0 Å². The van der Waals surface area contributed by atoms with Gasteiger partial charge in [-0.15, -0.1) is 0 Å². The van der Waals surface area contributed by atoms with Crippen molar-refractivity contribution in [3.05, 3.63) is 12.2 Å². The van der Waals surface area contributed by atoms with Crippen LogP contribution >= 0.6 is 0 Å². The van der Waals surface area contributed by atoms with Gasteiger partial charge in [-0.2, -0.15) is 0 Å². The summed E-state index contributed by atoms with van der Waals surface area (Å²) < 4.78 is 11.6. The summed E-state index contributed by atoms with van der Waals surface area (Å²) >= 11 is 0. The molecule has 2 nitrogen and oxygen atoms in total. The van der Waals surface area contributed by atoms with Crippen LogP contribution in [0.5, 0.6) is 0 Å². The van der Waals surface area contributed by atoms with Gasteiger partial charge in [0.25, 0.3) is 0 Å². The van der Waals surface area contributed by atoms with E-state index in [0.717, 1.165) is 25.0 Å². The molecule has 4 atom stereocenters. The largest absolute Gasteiger partial charge is 0.346 e. The Kier molecular flexibility index (Phi) is 0.840. The van der Waals surface area contributed by atoms with E-state index in [1.165, 1.54) is 6.42 Å². The molecule has 0 N–H and O–H groups in total. The first kappa shape index (κ1) is 6.17. The fourth-order valence-corrected chi connectivity index (χ4v) is 3.50. The molecule has 3 fully saturated rings. The Balaban J connectivity index is 1.83. The number of rotatable bonds is 0. The summed E-state index contributed by atoms with van der Waals surface area (Å²) in [5, 5.41) is 0. The molecular weight excluding hydrogens is 152 g/mol. The van der Waals surface area contributed by atoms with E-state index in [-0.39, 0.29) is 5.79 Å². The Hall–Kier alpha value is -0.340. The summed E-state index contributed by atoms with van der Waals surface area (Å²) in [7, 11) is 0. The van der Waals surface area contributed by atoms with E-state index in [1.54, 1.807) is 0 Å². The smallest absolute Gasteiger partial charge is 0.181 e. The van der Waals surface area contributed by atoms with Crippen molar-refractivity contribution in [2.24, 2.45) is 23.7 Å². The summed E-state index contributed by atoms with van der Waals surface area (Å²) in [6.45, 7) is 1.60. The Morgan fingerprint density at radius 3 is 2.17 bits per heavy atom. The molecule has 1 spiro atoms. The van der Waals surface area contributed by atoms with E-state index >= 15 is 0 Å². The third-order valence-electron chi connectivity index (χ3n) is 4.01. The van der Waals surface area contributed by atoms with Gasteiger partial charge in [0.1, 0.15) is 0 Å². The quantitative estimate of drug-likeness (QED) is 0.500. The fraction of sp³-hybridized carbons (Fsp3) is 0.800. The standard InChI is InChI=1S/C10H12O2/c1-2-9-7-5-6(7)8(1)10(9)11-3-4-12-10/h1-2,6-9H,3-5H2/t6-,7+,8-,9+. The van der Waals surface area contributed by atoms with E-state index in [4.69, 9.17) is 9.47 Å². The summed E-state index contributed by atoms with van der Waals surface area (Å²) in [6.07, 6.45) is 6.06. The van der Waals surface area contributed by atoms with Gasteiger partial charge in [0, 0.05) is 11.8 Å². The van der Waals surface area contributed by atoms with Crippen molar-refractivity contribution in [3.63, 3.8) is 0 Å². The fourth-order valence-electron chi connectivity index (χ4n) is 3.50. The Morgan fingerprint density at radius 1 is 1.00 bits per heavy atom. The highest BCUT2D eigenvalue weighted by Crippen LogP contribution is 2.69. The Bertz CT molecular complexity index is 245. The average Bonchev–Trinajstić information content (AvgIpc) is 2.54. The zero-order valence-electron chi connectivity index (χ0n) is 6.90. The maximum Gasteiger partial charge on any atom is 0.181 e. The third kappa shape index (κ3) is 0.461. The monoisotopic (exact) mass is 164 g/mol. The molecule has 0 unspecified atom stereocenters. The predicted octanol–water partition coefficient (Wildman–Crippen LogP) is 1.18. The maximum absolute atomic E-state index is 5.80. The van der Waals surface area contributed by atoms with E-state index in [0.29, 0.717) is 11.8 Å². The molecule has 64 valence electrons. The molecule has 0 radical (unpaired) electrons. The summed E-state index contributed by atoms with van der Waals surface area (Å²) in [5.41, 5.74) is 0. The van der Waals surface area contributed by atoms with Crippen molar-refractivity contribution in [1.82, 2.24) is 0 Å². The van der Waals surface area contributed by atoms with Crippen LogP contribution in [0.3, 0.4) is 0 Å². The van der Waals surface area contributed by atoms with Gasteiger partial charge in [0.05, 0.1) is 13.2 Å². The van der Waals surface area contributed by atoms with Gasteiger partial charge in [-0.1, -0.05) is 12.2 Å². The average molecular weight is 164 g/mol. The van der Waals surface area contributed by atoms with Crippen LogP contribution in [0.4, 0.5) is 0 Å². The molecule has 0 amide bonds. The Labute approximate surface area is 71.5 Å². The normalized spacial score (nSPS) is 56.7. The molecule has 1 aliphatic heterocycles. The van der Waals surface area contributed by atoms with E-state index in [2.05, 4.69) is 12.2 Å². The third-order valence-corrected chi connectivity index (χ3v) is 4.01. The van der Waals surface area contributed by atoms with Gasteiger partial charge >= 0.3 is 0 Å². The molecule has 0 aromatic carbocycles. The minimum absolute atomic E-state index is 0.173. The highest BCUT2D eigenvalue weighted by molar-refractivity contribution is 5.28. The van der Waals surface area contributed by atoms with Gasteiger partial charge in [0.15, 0.2) is 5.79 Å². The highest BCUT2D eigenvalue weighted by Gasteiger charge is 2.71. The van der Waals surface area contributed by atoms with Crippen LogP contribution in [0, 0.1) is 23.7 Å². The maximum atomic E-state index is 5.80. The van der Waals surface area contributed by atoms with E-state index < -0.39 is 0 Å². The van der Waals surface area contributed by atoms with Crippen molar-refractivity contribution in [2.75, 3.05) is 13.2 Å². The molecule has 2 saturated carbocycles. The van der Waals surface area contributed by atoms with Gasteiger partial charge in [-0.25, -0.2) is 0 Å². The molecular formula is C10H12O2. The minimum Gasteiger partial charge on any atom is -0.346 e.